The van der Waals surface area contributed by atoms with Gasteiger partial charge in [0.15, 0.2) is 18.1 Å². The Hall–Kier alpha value is -3.25. The lowest BCUT2D eigenvalue weighted by Crippen LogP contribution is -2.69. The fourth-order valence-electron chi connectivity index (χ4n) is 9.10. The molecule has 5 rings (SSSR count). The molecule has 0 aromatic rings. The molecule has 0 spiro atoms. The summed E-state index contributed by atoms with van der Waals surface area (Å²) in [5.41, 5.74) is -5.83. The zero-order chi connectivity index (χ0) is 34.0. The number of rotatable bonds is 9. The molecule has 1 heterocycles. The van der Waals surface area contributed by atoms with Gasteiger partial charge in [0.1, 0.15) is 5.60 Å². The summed E-state index contributed by atoms with van der Waals surface area (Å²) in [6, 6.07) is 0. The van der Waals surface area contributed by atoms with Crippen LogP contribution in [-0.2, 0) is 38.3 Å². The summed E-state index contributed by atoms with van der Waals surface area (Å²) in [5.74, 6) is -6.77. The van der Waals surface area contributed by atoms with Gasteiger partial charge in [0.05, 0.1) is 17.9 Å². The molecule has 2 amide bonds. The van der Waals surface area contributed by atoms with Crippen molar-refractivity contribution in [2.75, 3.05) is 6.61 Å². The van der Waals surface area contributed by atoms with Crippen molar-refractivity contribution in [3.05, 3.63) is 23.8 Å². The number of allylic oxidation sites excluding steroid dienone is 4. The molecule has 5 aliphatic rings. The number of hydroxylamine groups is 2. The molecule has 252 valence electrons. The number of carbonyl (C=O) groups excluding carboxylic acids is 6. The molecule has 11 nitrogen and oxygen atoms in total. The summed E-state index contributed by atoms with van der Waals surface area (Å²) in [7, 11) is 0. The van der Waals surface area contributed by atoms with Crippen LogP contribution in [0.3, 0.4) is 0 Å². The molecule has 0 aromatic heterocycles. The average Bonchev–Trinajstić information content (AvgIpc) is 3.42. The Bertz CT molecular complexity index is 1410. The molecule has 0 radical (unpaired) electrons. The van der Waals surface area contributed by atoms with Gasteiger partial charge in [-0.05, 0) is 69.4 Å². The zero-order valence-electron chi connectivity index (χ0n) is 27.0. The number of hydrogen-bond acceptors (Lipinski definition) is 10. The van der Waals surface area contributed by atoms with E-state index in [-0.39, 0.29) is 37.9 Å². The van der Waals surface area contributed by atoms with Crippen LogP contribution in [0.25, 0.3) is 0 Å². The normalized spacial score (nSPS) is 39.6. The first-order valence-corrected chi connectivity index (χ1v) is 16.2. The highest BCUT2D eigenvalue weighted by molar-refractivity contribution is 6.02. The monoisotopic (exact) mass is 645 g/mol. The molecule has 4 fully saturated rings. The van der Waals surface area contributed by atoms with Crippen LogP contribution in [-0.4, -0.2) is 74.6 Å². The second-order valence-corrected chi connectivity index (χ2v) is 14.6. The topological polar surface area (TPSA) is 165 Å². The average molecular weight is 646 g/mol. The summed E-state index contributed by atoms with van der Waals surface area (Å²) < 4.78 is 22.7. The highest BCUT2D eigenvalue weighted by Gasteiger charge is 2.75. The standard InChI is InChI=1S/C34H44FNO10/c1-18(6-7-19(2)30(43)46-36-27(40)10-11-28(36)41)29(42)45-17-26(39)34(44)20(3)14-24-23-9-8-21-15-22(37)12-13-31(21,4)33(23,35)25(38)16-32(24,34)5/h12-13,15,18-20,23-25,38,44H,6-11,14,16-17H2,1-5H3/t18?,19?,20-,23+,24+,25+,31+,32+,33+,34+/m1/s1. The van der Waals surface area contributed by atoms with Crippen molar-refractivity contribution >= 4 is 35.3 Å². The minimum atomic E-state index is -2.10. The maximum Gasteiger partial charge on any atom is 0.335 e. The molecule has 1 saturated heterocycles. The molecular formula is C34H44FNO10. The van der Waals surface area contributed by atoms with Gasteiger partial charge in [0.2, 0.25) is 5.78 Å². The number of imide groups is 1. The van der Waals surface area contributed by atoms with Gasteiger partial charge in [-0.2, -0.15) is 0 Å². The number of esters is 1. The van der Waals surface area contributed by atoms with E-state index in [1.54, 1.807) is 40.7 Å². The SMILES string of the molecule is CC(CCC(C)C(=O)ON1C(=O)CCC1=O)C(=O)OCC(=O)[C@@]1(O)[C@H](C)C[C@H]2[C@@H]3CCC4=CC(=O)C=C[C@]4(C)[C@@]3(F)[C@@H](O)C[C@@]21C. The number of Topliss-reactive ketones (excluding diaryl/α,β-unsaturated/α-hetero) is 1. The largest absolute Gasteiger partial charge is 0.457 e. The van der Waals surface area contributed by atoms with Crippen LogP contribution >= 0.6 is 0 Å². The van der Waals surface area contributed by atoms with Crippen molar-refractivity contribution in [1.82, 2.24) is 5.06 Å². The van der Waals surface area contributed by atoms with Gasteiger partial charge < -0.3 is 19.8 Å². The first-order chi connectivity index (χ1) is 21.4. The molecule has 10 atom stereocenters. The van der Waals surface area contributed by atoms with Crippen molar-refractivity contribution in [1.29, 1.82) is 0 Å². The van der Waals surface area contributed by atoms with Crippen LogP contribution in [0.4, 0.5) is 4.39 Å². The Morgan fingerprint density at radius 3 is 2.26 bits per heavy atom. The smallest absolute Gasteiger partial charge is 0.335 e. The van der Waals surface area contributed by atoms with Gasteiger partial charge in [0, 0.05) is 29.6 Å². The maximum absolute atomic E-state index is 17.4. The number of ketones is 2. The van der Waals surface area contributed by atoms with E-state index in [1.165, 1.54) is 12.2 Å². The van der Waals surface area contributed by atoms with Crippen molar-refractivity contribution in [3.63, 3.8) is 0 Å². The number of hydrogen-bond donors (Lipinski definition) is 2. The Morgan fingerprint density at radius 1 is 1.02 bits per heavy atom. The minimum absolute atomic E-state index is 0.0216. The molecule has 0 bridgehead atoms. The highest BCUT2D eigenvalue weighted by atomic mass is 19.1. The third kappa shape index (κ3) is 4.98. The van der Waals surface area contributed by atoms with E-state index in [0.717, 1.165) is 0 Å². The first-order valence-electron chi connectivity index (χ1n) is 16.2. The summed E-state index contributed by atoms with van der Waals surface area (Å²) >= 11 is 0. The van der Waals surface area contributed by atoms with Gasteiger partial charge in [-0.15, -0.1) is 5.06 Å². The van der Waals surface area contributed by atoms with Crippen molar-refractivity contribution < 1.29 is 52.9 Å². The second kappa shape index (κ2) is 11.8. The van der Waals surface area contributed by atoms with Crippen LogP contribution in [0, 0.1) is 40.4 Å². The Kier molecular flexibility index (Phi) is 8.72. The predicted octanol–water partition coefficient (Wildman–Crippen LogP) is 3.11. The number of nitrogens with zero attached hydrogens (tertiary/aromatic N) is 1. The van der Waals surface area contributed by atoms with Crippen molar-refractivity contribution in [3.8, 4) is 0 Å². The maximum atomic E-state index is 17.4. The lowest BCUT2D eigenvalue weighted by molar-refractivity contribution is -0.220. The summed E-state index contributed by atoms with van der Waals surface area (Å²) in [6.45, 7) is 7.54. The molecule has 12 heteroatoms. The van der Waals surface area contributed by atoms with Crippen LogP contribution in [0.15, 0.2) is 23.8 Å². The molecule has 1 aliphatic heterocycles. The Balaban J connectivity index is 1.22. The van der Waals surface area contributed by atoms with Crippen molar-refractivity contribution in [2.24, 2.45) is 40.4 Å². The van der Waals surface area contributed by atoms with E-state index in [9.17, 15) is 39.0 Å². The number of alkyl halides is 1. The molecule has 0 aromatic carbocycles. The quantitative estimate of drug-likeness (QED) is 0.281. The number of aliphatic hydroxyl groups is 2. The summed E-state index contributed by atoms with van der Waals surface area (Å²) in [5, 5.41) is 24.1. The minimum Gasteiger partial charge on any atom is -0.457 e. The Labute approximate surface area is 267 Å². The van der Waals surface area contributed by atoms with Crippen LogP contribution in [0.2, 0.25) is 0 Å². The van der Waals surface area contributed by atoms with E-state index in [0.29, 0.717) is 29.9 Å². The number of carbonyl (C=O) groups is 6. The molecule has 4 aliphatic carbocycles. The van der Waals surface area contributed by atoms with Crippen LogP contribution in [0.5, 0.6) is 0 Å². The van der Waals surface area contributed by atoms with E-state index in [4.69, 9.17) is 9.57 Å². The fraction of sp³-hybridized carbons (Fsp3) is 0.706. The van der Waals surface area contributed by atoms with Crippen LogP contribution < -0.4 is 0 Å². The third-order valence-corrected chi connectivity index (χ3v) is 12.0. The van der Waals surface area contributed by atoms with E-state index in [1.807, 2.05) is 0 Å². The van der Waals surface area contributed by atoms with Gasteiger partial charge in [-0.3, -0.25) is 24.0 Å². The van der Waals surface area contributed by atoms with Crippen molar-refractivity contribution in [2.45, 2.75) is 103 Å². The first kappa shape index (κ1) is 34.1. The predicted molar refractivity (Wildman–Crippen MR) is 159 cm³/mol. The van der Waals surface area contributed by atoms with Gasteiger partial charge in [0.25, 0.3) is 11.8 Å². The molecule has 46 heavy (non-hydrogen) atoms. The molecular weight excluding hydrogens is 601 g/mol. The molecule has 2 N–H and O–H groups in total. The van der Waals surface area contributed by atoms with E-state index in [2.05, 4.69) is 0 Å². The number of ether oxygens (including phenoxy) is 1. The summed E-state index contributed by atoms with van der Waals surface area (Å²) in [6.07, 6.45) is 4.13. The second-order valence-electron chi connectivity index (χ2n) is 14.6. The lowest BCUT2D eigenvalue weighted by Gasteiger charge is -2.62. The number of fused-ring (bicyclic) bond motifs is 5. The fourth-order valence-corrected chi connectivity index (χ4v) is 9.10. The van der Waals surface area contributed by atoms with Gasteiger partial charge >= 0.3 is 11.9 Å². The number of aliphatic hydroxyl groups excluding tert-OH is 1. The van der Waals surface area contributed by atoms with E-state index < -0.39 is 93.9 Å². The molecule has 3 saturated carbocycles. The van der Waals surface area contributed by atoms with Gasteiger partial charge in [-0.1, -0.05) is 39.3 Å². The van der Waals surface area contributed by atoms with Crippen LogP contribution in [0.1, 0.15) is 86.0 Å². The van der Waals surface area contributed by atoms with Gasteiger partial charge in [-0.25, -0.2) is 9.18 Å². The number of halogens is 1. The van der Waals surface area contributed by atoms with E-state index >= 15 is 4.39 Å². The number of amides is 2. The summed E-state index contributed by atoms with van der Waals surface area (Å²) in [4.78, 5) is 79.3. The third-order valence-electron chi connectivity index (χ3n) is 12.0. The highest BCUT2D eigenvalue weighted by Crippen LogP contribution is 2.70. The zero-order valence-corrected chi connectivity index (χ0v) is 27.0. The lowest BCUT2D eigenvalue weighted by atomic mass is 9.44. The Morgan fingerprint density at radius 2 is 1.63 bits per heavy atom. The molecule has 2 unspecified atom stereocenters.